The van der Waals surface area contributed by atoms with Crippen LogP contribution in [0.2, 0.25) is 0 Å². The van der Waals surface area contributed by atoms with Crippen molar-refractivity contribution < 1.29 is 18.3 Å². The lowest BCUT2D eigenvalue weighted by Crippen LogP contribution is -2.59. The van der Waals surface area contributed by atoms with Gasteiger partial charge >= 0.3 is 0 Å². The van der Waals surface area contributed by atoms with Crippen molar-refractivity contribution in [2.45, 2.75) is 13.0 Å². The van der Waals surface area contributed by atoms with Crippen LogP contribution in [-0.2, 0) is 15.1 Å². The highest BCUT2D eigenvalue weighted by molar-refractivity contribution is 7.73. The summed E-state index contributed by atoms with van der Waals surface area (Å²) in [5, 5.41) is 11.0. The molecule has 1 saturated heterocycles. The van der Waals surface area contributed by atoms with E-state index in [1.165, 1.54) is 6.92 Å². The summed E-state index contributed by atoms with van der Waals surface area (Å²) >= 11 is 0. The fourth-order valence-corrected chi connectivity index (χ4v) is 1.60. The van der Waals surface area contributed by atoms with Crippen molar-refractivity contribution in [3.63, 3.8) is 0 Å². The van der Waals surface area contributed by atoms with Gasteiger partial charge in [-0.2, -0.15) is 8.42 Å². The lowest BCUT2D eigenvalue weighted by molar-refractivity contribution is -0.127. The predicted octanol–water partition coefficient (Wildman–Crippen LogP) is -1.88. The van der Waals surface area contributed by atoms with Gasteiger partial charge in [-0.1, -0.05) is 0 Å². The quantitative estimate of drug-likeness (QED) is 0.363. The molecule has 5 nitrogen and oxygen atoms in total. The van der Waals surface area contributed by atoms with Crippen molar-refractivity contribution in [2.75, 3.05) is 0 Å². The van der Waals surface area contributed by atoms with E-state index < -0.39 is 28.2 Å². The van der Waals surface area contributed by atoms with Crippen molar-refractivity contribution in [2.24, 2.45) is 5.92 Å². The van der Waals surface area contributed by atoms with Crippen molar-refractivity contribution in [1.82, 2.24) is 5.32 Å². The van der Waals surface area contributed by atoms with Gasteiger partial charge < -0.3 is 10.4 Å². The maximum absolute atomic E-state index is 10.6. The minimum atomic E-state index is -2.42. The van der Waals surface area contributed by atoms with Gasteiger partial charge in [-0.05, 0) is 6.92 Å². The lowest BCUT2D eigenvalue weighted by Gasteiger charge is -2.27. The third kappa shape index (κ3) is 1.26. The van der Waals surface area contributed by atoms with Crippen molar-refractivity contribution in [3.05, 3.63) is 0 Å². The molecule has 0 aromatic rings. The highest BCUT2D eigenvalue weighted by Gasteiger charge is 2.40. The molecule has 1 amide bonds. The van der Waals surface area contributed by atoms with Crippen molar-refractivity contribution in [3.8, 4) is 0 Å². The van der Waals surface area contributed by atoms with Crippen LogP contribution in [0.15, 0.2) is 0 Å². The molecule has 2 unspecified atom stereocenters. The second kappa shape index (κ2) is 2.63. The summed E-state index contributed by atoms with van der Waals surface area (Å²) in [6.45, 7) is 1.37. The molecule has 62 valence electrons. The summed E-state index contributed by atoms with van der Waals surface area (Å²) < 4.78 is 20.6. The van der Waals surface area contributed by atoms with Crippen molar-refractivity contribution >= 4 is 21.2 Å². The summed E-state index contributed by atoms with van der Waals surface area (Å²) in [7, 11) is -2.42. The van der Waals surface area contributed by atoms with Gasteiger partial charge in [-0.3, -0.25) is 4.79 Å². The van der Waals surface area contributed by atoms with Gasteiger partial charge in [0.1, 0.15) is 5.92 Å². The highest BCUT2D eigenvalue weighted by Crippen LogP contribution is 2.12. The molecular weight excluding hydrogens is 170 g/mol. The first-order valence-electron chi connectivity index (χ1n) is 2.99. The SMILES string of the molecule is CC(O)C1C(=O)NC1=S(=O)=O. The molecule has 0 bridgehead atoms. The normalized spacial score (nSPS) is 25.5. The van der Waals surface area contributed by atoms with E-state index in [9.17, 15) is 13.2 Å². The molecule has 1 aliphatic heterocycles. The van der Waals surface area contributed by atoms with E-state index in [-0.39, 0.29) is 4.99 Å². The Labute approximate surface area is 64.6 Å². The highest BCUT2D eigenvalue weighted by atomic mass is 32.2. The van der Waals surface area contributed by atoms with E-state index in [0.29, 0.717) is 0 Å². The molecule has 11 heavy (non-hydrogen) atoms. The van der Waals surface area contributed by atoms with Gasteiger partial charge in [0.2, 0.25) is 16.2 Å². The topological polar surface area (TPSA) is 83.5 Å². The second-order valence-electron chi connectivity index (χ2n) is 2.31. The molecule has 1 heterocycles. The van der Waals surface area contributed by atoms with Crippen LogP contribution in [0.25, 0.3) is 0 Å². The standard InChI is InChI=1S/C5H7NO4S/c1-2(7)3-4(8)6-5(3)11(9)10/h2-3,7H,1H3,(H,6,8). The van der Waals surface area contributed by atoms with Gasteiger partial charge in [-0.15, -0.1) is 0 Å². The van der Waals surface area contributed by atoms with Crippen LogP contribution in [0.3, 0.4) is 0 Å². The molecule has 1 aliphatic rings. The zero-order chi connectivity index (χ0) is 8.59. The third-order valence-corrected chi connectivity index (χ3v) is 2.19. The Morgan fingerprint density at radius 3 is 2.36 bits per heavy atom. The zero-order valence-corrected chi connectivity index (χ0v) is 6.55. The Bertz CT molecular complexity index is 307. The largest absolute Gasteiger partial charge is 0.392 e. The summed E-state index contributed by atoms with van der Waals surface area (Å²) in [6, 6.07) is 0. The number of hydrogen-bond acceptors (Lipinski definition) is 4. The molecule has 1 rings (SSSR count). The molecule has 2 atom stereocenters. The molecule has 6 heteroatoms. The van der Waals surface area contributed by atoms with E-state index in [0.717, 1.165) is 0 Å². The van der Waals surface area contributed by atoms with Crippen LogP contribution in [0.5, 0.6) is 0 Å². The lowest BCUT2D eigenvalue weighted by atomic mass is 9.96. The molecule has 0 radical (unpaired) electrons. The molecule has 0 saturated carbocycles. The number of carbonyl (C=O) groups is 1. The number of aliphatic hydroxyl groups excluding tert-OH is 1. The Hall–Kier alpha value is -0.880. The Morgan fingerprint density at radius 1 is 1.64 bits per heavy atom. The average Bonchev–Trinajstić information content (AvgIpc) is 1.80. The Kier molecular flexibility index (Phi) is 1.97. The molecule has 0 aromatic heterocycles. The fourth-order valence-electron chi connectivity index (χ4n) is 0.902. The van der Waals surface area contributed by atoms with E-state index in [2.05, 4.69) is 5.32 Å². The Morgan fingerprint density at radius 2 is 2.18 bits per heavy atom. The minimum Gasteiger partial charge on any atom is -0.392 e. The van der Waals surface area contributed by atoms with Gasteiger partial charge in [0.25, 0.3) is 0 Å². The number of hydrogen-bond donors (Lipinski definition) is 2. The van der Waals surface area contributed by atoms with E-state index in [4.69, 9.17) is 5.11 Å². The second-order valence-corrected chi connectivity index (χ2v) is 3.22. The number of rotatable bonds is 1. The zero-order valence-electron chi connectivity index (χ0n) is 5.73. The van der Waals surface area contributed by atoms with Crippen LogP contribution < -0.4 is 5.32 Å². The van der Waals surface area contributed by atoms with Crippen LogP contribution >= 0.6 is 0 Å². The first-order chi connectivity index (χ1) is 5.04. The van der Waals surface area contributed by atoms with Gasteiger partial charge in [0.15, 0.2) is 4.99 Å². The summed E-state index contributed by atoms with van der Waals surface area (Å²) in [6.07, 6.45) is -0.948. The number of amides is 1. The van der Waals surface area contributed by atoms with Crippen molar-refractivity contribution in [1.29, 1.82) is 0 Å². The number of nitrogens with one attached hydrogen (secondary N) is 1. The first kappa shape index (κ1) is 8.22. The maximum atomic E-state index is 10.6. The van der Waals surface area contributed by atoms with Crippen LogP contribution in [0, 0.1) is 5.92 Å². The summed E-state index contributed by atoms with van der Waals surface area (Å²) in [4.78, 5) is 10.5. The molecule has 0 spiro atoms. The number of β-lactam (4-membered cyclic amide) rings is 1. The van der Waals surface area contributed by atoms with Crippen LogP contribution in [0.4, 0.5) is 0 Å². The monoisotopic (exact) mass is 177 g/mol. The molecular formula is C5H7NO4S. The average molecular weight is 177 g/mol. The summed E-state index contributed by atoms with van der Waals surface area (Å²) in [5.41, 5.74) is 0. The smallest absolute Gasteiger partial charge is 0.237 e. The molecule has 0 aliphatic carbocycles. The van der Waals surface area contributed by atoms with Gasteiger partial charge in [0.05, 0.1) is 6.10 Å². The maximum Gasteiger partial charge on any atom is 0.237 e. The fraction of sp³-hybridized carbons (Fsp3) is 0.600. The number of carbonyl (C=O) groups excluding carboxylic acids is 1. The number of aliphatic hydroxyl groups is 1. The third-order valence-electron chi connectivity index (χ3n) is 1.47. The first-order valence-corrected chi connectivity index (χ1v) is 4.06. The molecule has 0 aromatic carbocycles. The molecule has 1 fully saturated rings. The molecule has 2 N–H and O–H groups in total. The predicted molar refractivity (Wildman–Crippen MR) is 37.2 cm³/mol. The van der Waals surface area contributed by atoms with E-state index in [1.807, 2.05) is 0 Å². The Balaban J connectivity index is 2.96. The van der Waals surface area contributed by atoms with E-state index in [1.54, 1.807) is 0 Å². The van der Waals surface area contributed by atoms with E-state index >= 15 is 0 Å². The van der Waals surface area contributed by atoms with Gasteiger partial charge in [0, 0.05) is 0 Å². The summed E-state index contributed by atoms with van der Waals surface area (Å²) in [5.74, 6) is -1.33. The van der Waals surface area contributed by atoms with Gasteiger partial charge in [-0.25, -0.2) is 0 Å². The minimum absolute atomic E-state index is 0.120. The van der Waals surface area contributed by atoms with Crippen LogP contribution in [0.1, 0.15) is 6.92 Å². The van der Waals surface area contributed by atoms with Crippen LogP contribution in [-0.4, -0.2) is 30.5 Å².